The molecule has 1 N–H and O–H groups in total. The summed E-state index contributed by atoms with van der Waals surface area (Å²) in [5.74, 6) is -0.810. The molecule has 130 valence electrons. The van der Waals surface area contributed by atoms with Crippen LogP contribution in [-0.2, 0) is 6.54 Å². The van der Waals surface area contributed by atoms with Gasteiger partial charge in [0.1, 0.15) is 11.5 Å². The minimum absolute atomic E-state index is 0.118. The second-order valence-corrected chi connectivity index (χ2v) is 5.94. The van der Waals surface area contributed by atoms with Gasteiger partial charge in [0.15, 0.2) is 5.15 Å². The van der Waals surface area contributed by atoms with E-state index in [1.54, 1.807) is 10.9 Å². The van der Waals surface area contributed by atoms with Crippen LogP contribution >= 0.6 is 11.6 Å². The van der Waals surface area contributed by atoms with Crippen molar-refractivity contribution in [1.29, 1.82) is 0 Å². The number of carbonyl (C=O) groups excluding carboxylic acids is 1. The van der Waals surface area contributed by atoms with Crippen LogP contribution in [0.1, 0.15) is 41.6 Å². The number of benzene rings is 1. The zero-order valence-electron chi connectivity index (χ0n) is 13.6. The Morgan fingerprint density at radius 3 is 2.80 bits per heavy atom. The Morgan fingerprint density at radius 2 is 2.16 bits per heavy atom. The van der Waals surface area contributed by atoms with E-state index in [2.05, 4.69) is 10.2 Å². The maximum absolute atomic E-state index is 13.5. The number of carbonyl (C=O) groups is 1. The number of aromatic nitrogens is 4. The standard InChI is InChI=1S/C17H16ClFN4O2/c1-3-22-9-11(8-20-22)17(25)15-7-16(18)21-23(15)14-5-4-12(19)6-13(14)10(2)24/h4-10,24H,3H2,1-2H3. The minimum Gasteiger partial charge on any atom is -0.389 e. The van der Waals surface area contributed by atoms with E-state index in [1.807, 2.05) is 6.92 Å². The Labute approximate surface area is 148 Å². The molecule has 3 aromatic rings. The lowest BCUT2D eigenvalue weighted by atomic mass is 10.1. The van der Waals surface area contributed by atoms with Gasteiger partial charge in [-0.05, 0) is 32.0 Å². The van der Waals surface area contributed by atoms with Gasteiger partial charge in [0.2, 0.25) is 5.78 Å². The minimum atomic E-state index is -0.945. The first-order valence-corrected chi connectivity index (χ1v) is 8.09. The molecule has 0 radical (unpaired) electrons. The first kappa shape index (κ1) is 17.3. The van der Waals surface area contributed by atoms with Crippen LogP contribution in [0.3, 0.4) is 0 Å². The fourth-order valence-electron chi connectivity index (χ4n) is 2.55. The number of aliphatic hydroxyl groups is 1. The molecule has 0 saturated heterocycles. The summed E-state index contributed by atoms with van der Waals surface area (Å²) in [6, 6.07) is 5.33. The van der Waals surface area contributed by atoms with Crippen LogP contribution in [0.5, 0.6) is 0 Å². The Kier molecular flexibility index (Phi) is 4.69. The predicted octanol–water partition coefficient (Wildman–Crippen LogP) is 3.17. The summed E-state index contributed by atoms with van der Waals surface area (Å²) in [5, 5.41) is 18.3. The Hall–Kier alpha value is -2.51. The second kappa shape index (κ2) is 6.78. The van der Waals surface area contributed by atoms with Gasteiger partial charge in [-0.2, -0.15) is 10.2 Å². The first-order chi connectivity index (χ1) is 11.9. The molecular formula is C17H16ClFN4O2. The van der Waals surface area contributed by atoms with Crippen LogP contribution < -0.4 is 0 Å². The molecule has 0 aliphatic heterocycles. The molecule has 0 bridgehead atoms. The normalized spacial score (nSPS) is 12.4. The summed E-state index contributed by atoms with van der Waals surface area (Å²) in [5.41, 5.74) is 1.28. The van der Waals surface area contributed by atoms with Crippen molar-refractivity contribution in [3.05, 3.63) is 64.5 Å². The van der Waals surface area contributed by atoms with E-state index in [9.17, 15) is 14.3 Å². The van der Waals surface area contributed by atoms with Crippen molar-refractivity contribution in [3.63, 3.8) is 0 Å². The lowest BCUT2D eigenvalue weighted by Crippen LogP contribution is -2.12. The lowest BCUT2D eigenvalue weighted by molar-refractivity contribution is 0.103. The number of nitrogens with zero attached hydrogens (tertiary/aromatic N) is 4. The van der Waals surface area contributed by atoms with Gasteiger partial charge < -0.3 is 5.11 Å². The lowest BCUT2D eigenvalue weighted by Gasteiger charge is -2.14. The third-order valence-corrected chi connectivity index (χ3v) is 3.98. The molecule has 0 saturated carbocycles. The maximum atomic E-state index is 13.5. The van der Waals surface area contributed by atoms with E-state index in [-0.39, 0.29) is 16.6 Å². The Morgan fingerprint density at radius 1 is 1.40 bits per heavy atom. The third-order valence-electron chi connectivity index (χ3n) is 3.80. The van der Waals surface area contributed by atoms with Gasteiger partial charge >= 0.3 is 0 Å². The SMILES string of the molecule is CCn1cc(C(=O)c2cc(Cl)nn2-c2ccc(F)cc2C(C)O)cn1. The molecule has 0 aliphatic rings. The highest BCUT2D eigenvalue weighted by molar-refractivity contribution is 6.30. The molecule has 6 nitrogen and oxygen atoms in total. The number of halogens is 2. The van der Waals surface area contributed by atoms with Gasteiger partial charge in [-0.1, -0.05) is 11.6 Å². The van der Waals surface area contributed by atoms with Crippen LogP contribution in [0.25, 0.3) is 5.69 Å². The highest BCUT2D eigenvalue weighted by Gasteiger charge is 2.22. The van der Waals surface area contributed by atoms with Crippen LogP contribution in [0.2, 0.25) is 5.15 Å². The molecule has 2 aromatic heterocycles. The van der Waals surface area contributed by atoms with Crippen molar-refractivity contribution in [2.24, 2.45) is 0 Å². The summed E-state index contributed by atoms with van der Waals surface area (Å²) in [6.07, 6.45) is 2.16. The van der Waals surface area contributed by atoms with E-state index < -0.39 is 11.9 Å². The van der Waals surface area contributed by atoms with E-state index in [0.29, 0.717) is 23.4 Å². The number of rotatable bonds is 5. The predicted molar refractivity (Wildman–Crippen MR) is 90.5 cm³/mol. The molecule has 0 spiro atoms. The summed E-state index contributed by atoms with van der Waals surface area (Å²) in [4.78, 5) is 12.8. The van der Waals surface area contributed by atoms with Gasteiger partial charge in [-0.15, -0.1) is 0 Å². The van der Waals surface area contributed by atoms with Gasteiger partial charge in [0.05, 0.1) is 23.6 Å². The van der Waals surface area contributed by atoms with Crippen LogP contribution in [0, 0.1) is 5.82 Å². The van der Waals surface area contributed by atoms with Crippen LogP contribution in [-0.4, -0.2) is 30.5 Å². The second-order valence-electron chi connectivity index (χ2n) is 5.56. The highest BCUT2D eigenvalue weighted by atomic mass is 35.5. The summed E-state index contributed by atoms with van der Waals surface area (Å²) >= 11 is 6.00. The average molecular weight is 363 g/mol. The van der Waals surface area contributed by atoms with E-state index in [4.69, 9.17) is 11.6 Å². The maximum Gasteiger partial charge on any atom is 0.214 e. The molecule has 3 rings (SSSR count). The Bertz CT molecular complexity index is 933. The van der Waals surface area contributed by atoms with Crippen molar-refractivity contribution in [2.75, 3.05) is 0 Å². The first-order valence-electron chi connectivity index (χ1n) is 7.71. The fraction of sp³-hybridized carbons (Fsp3) is 0.235. The van der Waals surface area contributed by atoms with E-state index in [0.717, 1.165) is 0 Å². The third kappa shape index (κ3) is 3.33. The largest absolute Gasteiger partial charge is 0.389 e. The number of aryl methyl sites for hydroxylation is 1. The summed E-state index contributed by atoms with van der Waals surface area (Å²) in [6.45, 7) is 4.06. The summed E-state index contributed by atoms with van der Waals surface area (Å²) in [7, 11) is 0. The molecular weight excluding hydrogens is 347 g/mol. The molecule has 2 heterocycles. The highest BCUT2D eigenvalue weighted by Crippen LogP contribution is 2.26. The zero-order chi connectivity index (χ0) is 18.1. The molecule has 0 aliphatic carbocycles. The molecule has 25 heavy (non-hydrogen) atoms. The fourth-order valence-corrected chi connectivity index (χ4v) is 2.73. The zero-order valence-corrected chi connectivity index (χ0v) is 14.4. The topological polar surface area (TPSA) is 72.9 Å². The van der Waals surface area contributed by atoms with Crippen molar-refractivity contribution >= 4 is 17.4 Å². The number of ketones is 1. The van der Waals surface area contributed by atoms with Gasteiger partial charge in [-0.25, -0.2) is 9.07 Å². The Balaban J connectivity index is 2.12. The monoisotopic (exact) mass is 362 g/mol. The van der Waals surface area contributed by atoms with Gasteiger partial charge in [0, 0.05) is 24.4 Å². The van der Waals surface area contributed by atoms with E-state index in [1.165, 1.54) is 42.1 Å². The molecule has 1 unspecified atom stereocenters. The quantitative estimate of drug-likeness (QED) is 0.707. The molecule has 1 atom stereocenters. The van der Waals surface area contributed by atoms with Gasteiger partial charge in [0.25, 0.3) is 0 Å². The van der Waals surface area contributed by atoms with Crippen molar-refractivity contribution in [1.82, 2.24) is 19.6 Å². The number of hydrogen-bond donors (Lipinski definition) is 1. The van der Waals surface area contributed by atoms with Crippen molar-refractivity contribution in [2.45, 2.75) is 26.5 Å². The van der Waals surface area contributed by atoms with E-state index >= 15 is 0 Å². The number of aliphatic hydroxyl groups excluding tert-OH is 1. The van der Waals surface area contributed by atoms with Crippen molar-refractivity contribution in [3.8, 4) is 5.69 Å². The summed E-state index contributed by atoms with van der Waals surface area (Å²) < 4.78 is 16.5. The molecule has 0 fully saturated rings. The smallest absolute Gasteiger partial charge is 0.214 e. The average Bonchev–Trinajstić information content (AvgIpc) is 3.20. The molecule has 0 amide bonds. The van der Waals surface area contributed by atoms with Crippen molar-refractivity contribution < 1.29 is 14.3 Å². The number of hydrogen-bond acceptors (Lipinski definition) is 4. The van der Waals surface area contributed by atoms with Crippen LogP contribution in [0.15, 0.2) is 36.7 Å². The molecule has 1 aromatic carbocycles. The van der Waals surface area contributed by atoms with Gasteiger partial charge in [-0.3, -0.25) is 9.48 Å². The molecule has 8 heteroatoms. The van der Waals surface area contributed by atoms with Crippen LogP contribution in [0.4, 0.5) is 4.39 Å².